The fourth-order valence-corrected chi connectivity index (χ4v) is 3.08. The number of fused-ring (bicyclic) bond motifs is 1. The van der Waals surface area contributed by atoms with Crippen LogP contribution in [0.25, 0.3) is 0 Å². The minimum absolute atomic E-state index is 0.620. The van der Waals surface area contributed by atoms with Gasteiger partial charge in [-0.15, -0.1) is 0 Å². The quantitative estimate of drug-likeness (QED) is 0.677. The number of nitrogens with one attached hydrogen (secondary N) is 1. The zero-order valence-corrected chi connectivity index (χ0v) is 14.5. The molecule has 114 valence electrons. The molecule has 1 fully saturated rings. The fraction of sp³-hybridized carbons (Fsp3) is 0.667. The number of piperidine rings is 1. The molecule has 0 atom stereocenters. The Morgan fingerprint density at radius 2 is 1.35 bits per heavy atom. The van der Waals surface area contributed by atoms with E-state index in [2.05, 4.69) is 63.0 Å². The normalized spacial score (nSPS) is 18.7. The van der Waals surface area contributed by atoms with E-state index in [9.17, 15) is 0 Å². The van der Waals surface area contributed by atoms with E-state index in [1.54, 1.807) is 17.4 Å². The van der Waals surface area contributed by atoms with Gasteiger partial charge in [0.2, 0.25) is 0 Å². The molecule has 1 spiro atoms. The molecular formula is C18H31NS. The van der Waals surface area contributed by atoms with Crippen molar-refractivity contribution in [2.24, 2.45) is 11.3 Å². The van der Waals surface area contributed by atoms with Crippen LogP contribution in [0.1, 0.15) is 44.7 Å². The zero-order valence-electron chi connectivity index (χ0n) is 13.6. The summed E-state index contributed by atoms with van der Waals surface area (Å²) >= 11 is 3.53. The Hall–Kier alpha value is -0.470. The first-order chi connectivity index (χ1) is 9.61. The highest BCUT2D eigenvalue weighted by molar-refractivity contribution is 7.79. The molecule has 20 heavy (non-hydrogen) atoms. The van der Waals surface area contributed by atoms with Crippen molar-refractivity contribution in [3.8, 4) is 0 Å². The van der Waals surface area contributed by atoms with Gasteiger partial charge in [-0.1, -0.05) is 45.0 Å². The van der Waals surface area contributed by atoms with E-state index in [0.717, 1.165) is 5.92 Å². The number of benzene rings is 1. The van der Waals surface area contributed by atoms with E-state index in [-0.39, 0.29) is 0 Å². The van der Waals surface area contributed by atoms with Crippen molar-refractivity contribution in [3.63, 3.8) is 0 Å². The molecule has 1 aromatic rings. The summed E-state index contributed by atoms with van der Waals surface area (Å²) in [5.74, 6) is 0.833. The van der Waals surface area contributed by atoms with Gasteiger partial charge in [-0.2, -0.15) is 12.6 Å². The first-order valence-electron chi connectivity index (χ1n) is 7.84. The zero-order chi connectivity index (χ0) is 15.0. The second-order valence-electron chi connectivity index (χ2n) is 6.60. The molecule has 2 aliphatic rings. The van der Waals surface area contributed by atoms with E-state index in [4.69, 9.17) is 0 Å². The van der Waals surface area contributed by atoms with Gasteiger partial charge in [0.25, 0.3) is 0 Å². The number of thiol groups is 1. The molecule has 0 aromatic heterocycles. The molecular weight excluding hydrogens is 262 g/mol. The molecule has 0 saturated carbocycles. The first kappa shape index (κ1) is 17.6. The van der Waals surface area contributed by atoms with Gasteiger partial charge in [-0.3, -0.25) is 0 Å². The van der Waals surface area contributed by atoms with Gasteiger partial charge in [0.1, 0.15) is 0 Å². The number of hydrogen-bond acceptors (Lipinski definition) is 2. The predicted octanol–water partition coefficient (Wildman–Crippen LogP) is 4.36. The topological polar surface area (TPSA) is 12.0 Å². The van der Waals surface area contributed by atoms with Crippen LogP contribution in [0, 0.1) is 11.3 Å². The fourth-order valence-electron chi connectivity index (χ4n) is 3.08. The monoisotopic (exact) mass is 293 g/mol. The Morgan fingerprint density at radius 1 is 0.950 bits per heavy atom. The van der Waals surface area contributed by atoms with Gasteiger partial charge < -0.3 is 5.32 Å². The molecule has 1 saturated heterocycles. The summed E-state index contributed by atoms with van der Waals surface area (Å²) in [5.41, 5.74) is 3.83. The van der Waals surface area contributed by atoms with Crippen LogP contribution in [0.15, 0.2) is 24.3 Å². The Bertz CT molecular complexity index is 351. The van der Waals surface area contributed by atoms with Crippen LogP contribution in [0.2, 0.25) is 0 Å². The molecule has 0 bridgehead atoms. The molecule has 3 rings (SSSR count). The molecule has 1 heterocycles. The summed E-state index contributed by atoms with van der Waals surface area (Å²) < 4.78 is 0. The van der Waals surface area contributed by atoms with E-state index in [1.165, 1.54) is 38.8 Å². The third kappa shape index (κ3) is 5.14. The molecule has 1 aliphatic carbocycles. The van der Waals surface area contributed by atoms with Crippen molar-refractivity contribution < 1.29 is 0 Å². The van der Waals surface area contributed by atoms with Crippen LogP contribution in [0.3, 0.4) is 0 Å². The van der Waals surface area contributed by atoms with Crippen LogP contribution in [0.4, 0.5) is 0 Å². The average Bonchev–Trinajstić information content (AvgIpc) is 2.78. The molecule has 0 unspecified atom stereocenters. The summed E-state index contributed by atoms with van der Waals surface area (Å²) in [5, 5.41) is 3.46. The Morgan fingerprint density at radius 3 is 1.75 bits per heavy atom. The lowest BCUT2D eigenvalue weighted by molar-refractivity contribution is 0.216. The smallest absolute Gasteiger partial charge is 0.00434 e. The third-order valence-electron chi connectivity index (χ3n) is 3.91. The second-order valence-corrected chi connectivity index (χ2v) is 6.60. The SMILES string of the molecule is CC(C)C.CS.c1ccc2c(c1)CC1(CCNCC1)C2. The number of rotatable bonds is 0. The lowest BCUT2D eigenvalue weighted by Crippen LogP contribution is -2.37. The van der Waals surface area contributed by atoms with Gasteiger partial charge in [-0.25, -0.2) is 0 Å². The highest BCUT2D eigenvalue weighted by Gasteiger charge is 2.37. The second kappa shape index (κ2) is 8.74. The van der Waals surface area contributed by atoms with Crippen molar-refractivity contribution >= 4 is 12.6 Å². The molecule has 1 aromatic carbocycles. The van der Waals surface area contributed by atoms with Gasteiger partial charge in [0.15, 0.2) is 0 Å². The largest absolute Gasteiger partial charge is 0.317 e. The van der Waals surface area contributed by atoms with Crippen LogP contribution in [-0.4, -0.2) is 19.3 Å². The van der Waals surface area contributed by atoms with Crippen LogP contribution < -0.4 is 5.32 Å². The Labute approximate surface area is 131 Å². The Balaban J connectivity index is 0.000000291. The maximum Gasteiger partial charge on any atom is -0.00434 e. The third-order valence-corrected chi connectivity index (χ3v) is 3.91. The summed E-state index contributed by atoms with van der Waals surface area (Å²) in [6.45, 7) is 8.93. The lowest BCUT2D eigenvalue weighted by Gasteiger charge is -2.33. The molecule has 0 radical (unpaired) electrons. The van der Waals surface area contributed by atoms with Crippen LogP contribution in [0.5, 0.6) is 0 Å². The lowest BCUT2D eigenvalue weighted by atomic mass is 9.76. The van der Waals surface area contributed by atoms with Crippen molar-refractivity contribution in [1.82, 2.24) is 5.32 Å². The van der Waals surface area contributed by atoms with Crippen molar-refractivity contribution in [2.45, 2.75) is 46.5 Å². The van der Waals surface area contributed by atoms with E-state index >= 15 is 0 Å². The Kier molecular flexibility index (Phi) is 7.68. The highest BCUT2D eigenvalue weighted by Crippen LogP contribution is 2.42. The highest BCUT2D eigenvalue weighted by atomic mass is 32.1. The van der Waals surface area contributed by atoms with Crippen molar-refractivity contribution in [2.75, 3.05) is 19.3 Å². The van der Waals surface area contributed by atoms with E-state index in [1.807, 2.05) is 0 Å². The van der Waals surface area contributed by atoms with Gasteiger partial charge in [-0.05, 0) is 67.5 Å². The maximum atomic E-state index is 3.53. The molecule has 1 aliphatic heterocycles. The van der Waals surface area contributed by atoms with E-state index < -0.39 is 0 Å². The van der Waals surface area contributed by atoms with Gasteiger partial charge >= 0.3 is 0 Å². The first-order valence-corrected chi connectivity index (χ1v) is 8.73. The maximum absolute atomic E-state index is 3.53. The summed E-state index contributed by atoms with van der Waals surface area (Å²) in [4.78, 5) is 0. The van der Waals surface area contributed by atoms with E-state index in [0.29, 0.717) is 5.41 Å². The van der Waals surface area contributed by atoms with Crippen LogP contribution in [-0.2, 0) is 12.8 Å². The summed E-state index contributed by atoms with van der Waals surface area (Å²) in [6, 6.07) is 8.98. The summed E-state index contributed by atoms with van der Waals surface area (Å²) in [7, 11) is 0. The number of hydrogen-bond donors (Lipinski definition) is 2. The van der Waals surface area contributed by atoms with Crippen molar-refractivity contribution in [3.05, 3.63) is 35.4 Å². The molecule has 1 N–H and O–H groups in total. The van der Waals surface area contributed by atoms with Crippen molar-refractivity contribution in [1.29, 1.82) is 0 Å². The molecule has 1 nitrogen and oxygen atoms in total. The van der Waals surface area contributed by atoms with Gasteiger partial charge in [0.05, 0.1) is 0 Å². The predicted molar refractivity (Wildman–Crippen MR) is 93.8 cm³/mol. The minimum atomic E-state index is 0.620. The van der Waals surface area contributed by atoms with Crippen LogP contribution >= 0.6 is 12.6 Å². The summed E-state index contributed by atoms with van der Waals surface area (Å²) in [6.07, 6.45) is 7.07. The standard InChI is InChI=1S/C13H17N.C4H10.CH4S/c1-2-4-12-10-13(9-11(12)3-1)5-7-14-8-6-13;1-4(2)3;1-2/h1-4,14H,5-10H2;4H,1-3H3;2H,1H3. The molecule has 0 amide bonds. The van der Waals surface area contributed by atoms with Gasteiger partial charge in [0, 0.05) is 0 Å². The molecule has 2 heteroatoms. The minimum Gasteiger partial charge on any atom is -0.317 e. The average molecular weight is 294 g/mol.